The third-order valence-corrected chi connectivity index (χ3v) is 5.14. The third-order valence-electron chi connectivity index (χ3n) is 5.14. The molecule has 0 aromatic heterocycles. The van der Waals surface area contributed by atoms with Crippen LogP contribution in [0.15, 0.2) is 18.2 Å². The monoisotopic (exact) mass is 304 g/mol. The molecule has 3 aliphatic rings. The maximum absolute atomic E-state index is 13.3. The molecule has 4 rings (SSSR count). The van der Waals surface area contributed by atoms with Crippen molar-refractivity contribution in [1.29, 1.82) is 0 Å². The molecule has 2 saturated heterocycles. The largest absolute Gasteiger partial charge is 0.337 e. The first kappa shape index (κ1) is 14.1. The lowest BCUT2D eigenvalue weighted by Gasteiger charge is -2.33. The Hall–Kier alpha value is -1.50. The van der Waals surface area contributed by atoms with Gasteiger partial charge in [0.2, 0.25) is 5.91 Å². The van der Waals surface area contributed by atoms with Gasteiger partial charge in [0.05, 0.1) is 0 Å². The molecule has 0 radical (unpaired) electrons. The van der Waals surface area contributed by atoms with Gasteiger partial charge in [-0.3, -0.25) is 10.2 Å². The van der Waals surface area contributed by atoms with E-state index < -0.39 is 0 Å². The first-order valence-corrected chi connectivity index (χ1v) is 8.00. The Morgan fingerprint density at radius 2 is 2.18 bits per heavy atom. The molecular weight excluding hydrogens is 283 g/mol. The van der Waals surface area contributed by atoms with E-state index in [1.165, 1.54) is 6.07 Å². The van der Waals surface area contributed by atoms with Crippen LogP contribution in [0.2, 0.25) is 0 Å². The molecule has 2 fully saturated rings. The van der Waals surface area contributed by atoms with Crippen molar-refractivity contribution in [2.75, 3.05) is 19.6 Å². The van der Waals surface area contributed by atoms with Gasteiger partial charge >= 0.3 is 0 Å². The highest BCUT2D eigenvalue weighted by atomic mass is 19.1. The summed E-state index contributed by atoms with van der Waals surface area (Å²) in [6.07, 6.45) is 1.77. The van der Waals surface area contributed by atoms with Crippen LogP contribution in [0, 0.1) is 11.7 Å². The topological polar surface area (TPSA) is 56.4 Å². The third kappa shape index (κ3) is 2.41. The number of hydrazine groups is 1. The van der Waals surface area contributed by atoms with Gasteiger partial charge in [-0.25, -0.2) is 9.82 Å². The summed E-state index contributed by atoms with van der Waals surface area (Å²) in [6, 6.07) is 5.08. The Kier molecular flexibility index (Phi) is 3.60. The lowest BCUT2D eigenvalue weighted by Crippen LogP contribution is -2.51. The molecule has 0 bridgehead atoms. The molecule has 118 valence electrons. The average molecular weight is 304 g/mol. The van der Waals surface area contributed by atoms with E-state index in [-0.39, 0.29) is 17.8 Å². The molecule has 1 aromatic carbocycles. The summed E-state index contributed by atoms with van der Waals surface area (Å²) in [5.41, 5.74) is 8.54. The van der Waals surface area contributed by atoms with E-state index in [1.54, 1.807) is 12.1 Å². The second-order valence-electron chi connectivity index (χ2n) is 6.45. The second-order valence-corrected chi connectivity index (χ2v) is 6.45. The van der Waals surface area contributed by atoms with Crippen molar-refractivity contribution in [2.45, 2.75) is 31.5 Å². The molecule has 0 spiro atoms. The van der Waals surface area contributed by atoms with Gasteiger partial charge in [0.15, 0.2) is 0 Å². The number of piperidine rings is 1. The highest BCUT2D eigenvalue weighted by molar-refractivity contribution is 5.83. The maximum Gasteiger partial charge on any atom is 0.241 e. The summed E-state index contributed by atoms with van der Waals surface area (Å²) in [5, 5.41) is 3.37. The smallest absolute Gasteiger partial charge is 0.241 e. The fourth-order valence-corrected chi connectivity index (χ4v) is 3.87. The molecule has 5 nitrogen and oxygen atoms in total. The molecule has 0 aliphatic carbocycles. The van der Waals surface area contributed by atoms with Gasteiger partial charge < -0.3 is 10.2 Å². The number of halogens is 1. The summed E-state index contributed by atoms with van der Waals surface area (Å²) in [7, 11) is 0. The SMILES string of the molecule is O=C(C1NNC2CCNCC21)N1CCc2cc(F)ccc2C1. The summed E-state index contributed by atoms with van der Waals surface area (Å²) in [4.78, 5) is 14.8. The highest BCUT2D eigenvalue weighted by Gasteiger charge is 2.42. The van der Waals surface area contributed by atoms with Crippen molar-refractivity contribution < 1.29 is 9.18 Å². The fraction of sp³-hybridized carbons (Fsp3) is 0.562. The maximum atomic E-state index is 13.3. The van der Waals surface area contributed by atoms with Crippen molar-refractivity contribution in [3.63, 3.8) is 0 Å². The van der Waals surface area contributed by atoms with Gasteiger partial charge in [0.25, 0.3) is 0 Å². The molecule has 3 N–H and O–H groups in total. The number of carbonyl (C=O) groups excluding carboxylic acids is 1. The van der Waals surface area contributed by atoms with Crippen molar-refractivity contribution in [1.82, 2.24) is 21.1 Å². The number of carbonyl (C=O) groups is 1. The molecular formula is C16H21FN4O. The van der Waals surface area contributed by atoms with E-state index in [0.717, 1.165) is 37.1 Å². The number of fused-ring (bicyclic) bond motifs is 2. The summed E-state index contributed by atoms with van der Waals surface area (Å²) < 4.78 is 13.3. The molecule has 6 heteroatoms. The molecule has 1 aromatic rings. The molecule has 22 heavy (non-hydrogen) atoms. The van der Waals surface area contributed by atoms with Crippen LogP contribution in [0.1, 0.15) is 17.5 Å². The van der Waals surface area contributed by atoms with Crippen molar-refractivity contribution in [2.24, 2.45) is 5.92 Å². The Morgan fingerprint density at radius 3 is 3.09 bits per heavy atom. The lowest BCUT2D eigenvalue weighted by molar-refractivity contribution is -0.135. The van der Waals surface area contributed by atoms with Crippen molar-refractivity contribution in [3.8, 4) is 0 Å². The van der Waals surface area contributed by atoms with Crippen LogP contribution >= 0.6 is 0 Å². The molecule has 3 unspecified atom stereocenters. The number of rotatable bonds is 1. The number of nitrogens with one attached hydrogen (secondary N) is 3. The van der Waals surface area contributed by atoms with Gasteiger partial charge in [0.1, 0.15) is 11.9 Å². The predicted octanol–water partition coefficient (Wildman–Crippen LogP) is 0.165. The van der Waals surface area contributed by atoms with Crippen LogP contribution in [-0.2, 0) is 17.8 Å². The van der Waals surface area contributed by atoms with Gasteiger partial charge in [0, 0.05) is 31.6 Å². The fourth-order valence-electron chi connectivity index (χ4n) is 3.87. The normalized spacial score (nSPS) is 30.8. The zero-order valence-corrected chi connectivity index (χ0v) is 12.4. The van der Waals surface area contributed by atoms with E-state index in [1.807, 2.05) is 4.90 Å². The molecule has 1 amide bonds. The first-order valence-electron chi connectivity index (χ1n) is 8.00. The van der Waals surface area contributed by atoms with E-state index in [9.17, 15) is 9.18 Å². The van der Waals surface area contributed by atoms with Crippen LogP contribution < -0.4 is 16.2 Å². The zero-order valence-electron chi connectivity index (χ0n) is 12.4. The quantitative estimate of drug-likeness (QED) is 0.692. The Morgan fingerprint density at radius 1 is 1.27 bits per heavy atom. The van der Waals surface area contributed by atoms with Crippen LogP contribution in [0.25, 0.3) is 0 Å². The van der Waals surface area contributed by atoms with Crippen LogP contribution in [0.3, 0.4) is 0 Å². The second kappa shape index (κ2) is 5.61. The standard InChI is InChI=1S/C16H21FN4O/c17-12-2-1-11-9-21(6-4-10(11)7-12)16(22)15-13-8-18-5-3-14(13)19-20-15/h1-2,7,13-15,18-20H,3-6,8-9H2. The summed E-state index contributed by atoms with van der Waals surface area (Å²) >= 11 is 0. The number of hydrogen-bond acceptors (Lipinski definition) is 4. The highest BCUT2D eigenvalue weighted by Crippen LogP contribution is 2.25. The Bertz CT molecular complexity index is 594. The molecule has 3 aliphatic heterocycles. The summed E-state index contributed by atoms with van der Waals surface area (Å²) in [6.45, 7) is 3.12. The average Bonchev–Trinajstić information content (AvgIpc) is 2.97. The number of benzene rings is 1. The minimum absolute atomic E-state index is 0.152. The first-order chi connectivity index (χ1) is 10.7. The summed E-state index contributed by atoms with van der Waals surface area (Å²) in [5.74, 6) is 0.255. The Labute approximate surface area is 129 Å². The number of nitrogens with zero attached hydrogens (tertiary/aromatic N) is 1. The molecule has 3 heterocycles. The zero-order chi connectivity index (χ0) is 15.1. The van der Waals surface area contributed by atoms with Crippen molar-refractivity contribution in [3.05, 3.63) is 35.1 Å². The van der Waals surface area contributed by atoms with Gasteiger partial charge in [-0.15, -0.1) is 0 Å². The molecule has 0 saturated carbocycles. The lowest BCUT2D eigenvalue weighted by atomic mass is 9.88. The van der Waals surface area contributed by atoms with Gasteiger partial charge in [-0.05, 0) is 42.6 Å². The van der Waals surface area contributed by atoms with Gasteiger partial charge in [-0.2, -0.15) is 0 Å². The Balaban J connectivity index is 1.48. The van der Waals surface area contributed by atoms with E-state index in [4.69, 9.17) is 0 Å². The minimum atomic E-state index is -0.198. The van der Waals surface area contributed by atoms with Crippen LogP contribution in [0.5, 0.6) is 0 Å². The number of amides is 1. The van der Waals surface area contributed by atoms with Crippen LogP contribution in [0.4, 0.5) is 4.39 Å². The van der Waals surface area contributed by atoms with E-state index in [0.29, 0.717) is 25.0 Å². The van der Waals surface area contributed by atoms with E-state index >= 15 is 0 Å². The van der Waals surface area contributed by atoms with Crippen molar-refractivity contribution >= 4 is 5.91 Å². The van der Waals surface area contributed by atoms with E-state index in [2.05, 4.69) is 16.2 Å². The van der Waals surface area contributed by atoms with Gasteiger partial charge in [-0.1, -0.05) is 6.07 Å². The minimum Gasteiger partial charge on any atom is -0.337 e. The predicted molar refractivity (Wildman–Crippen MR) is 80.3 cm³/mol. The molecule has 3 atom stereocenters. The van der Waals surface area contributed by atoms with Crippen LogP contribution in [-0.4, -0.2) is 42.5 Å². The number of hydrogen-bond donors (Lipinski definition) is 3.